The number of benzene rings is 1. The summed E-state index contributed by atoms with van der Waals surface area (Å²) in [5.74, 6) is -1.64. The third kappa shape index (κ3) is 6.30. The zero-order chi connectivity index (χ0) is 15.1. The van der Waals surface area contributed by atoms with E-state index in [1.807, 2.05) is 30.3 Å². The van der Waals surface area contributed by atoms with Crippen LogP contribution in [0.5, 0.6) is 0 Å². The van der Waals surface area contributed by atoms with Gasteiger partial charge in [0.2, 0.25) is 0 Å². The first kappa shape index (κ1) is 21.6. The molecule has 0 atom stereocenters. The molecule has 0 bridgehead atoms. The summed E-state index contributed by atoms with van der Waals surface area (Å²) in [5, 5.41) is 22.8. The van der Waals surface area contributed by atoms with E-state index >= 15 is 0 Å². The molecule has 23 heavy (non-hydrogen) atoms. The van der Waals surface area contributed by atoms with Crippen LogP contribution >= 0.6 is 0 Å². The van der Waals surface area contributed by atoms with Gasteiger partial charge in [-0.15, -0.1) is 0 Å². The number of aromatic carboxylic acids is 1. The molecule has 3 nitrogen and oxygen atoms in total. The SMILES string of the molecule is O=C([O-])c1ccccc1C([O-])=C1C=CC=C1.[Fe+2].[Na+].c1cc[cH-]c1. The van der Waals surface area contributed by atoms with Crippen molar-refractivity contribution in [3.05, 3.63) is 95.6 Å². The van der Waals surface area contributed by atoms with Gasteiger partial charge in [0, 0.05) is 5.56 Å². The molecule has 0 spiro atoms. The number of rotatable bonds is 2. The number of allylic oxidation sites excluding steroid dienone is 5. The molecule has 0 heterocycles. The molecule has 2 aromatic rings. The minimum absolute atomic E-state index is 0. The van der Waals surface area contributed by atoms with Gasteiger partial charge in [-0.2, -0.15) is 18.2 Å². The van der Waals surface area contributed by atoms with Gasteiger partial charge in [-0.05, 0) is 11.1 Å². The van der Waals surface area contributed by atoms with Crippen LogP contribution in [-0.2, 0) is 17.1 Å². The van der Waals surface area contributed by atoms with E-state index in [9.17, 15) is 15.0 Å². The Morgan fingerprint density at radius 1 is 0.870 bits per heavy atom. The Bertz CT molecular complexity index is 670. The average Bonchev–Trinajstić information content (AvgIpc) is 3.21. The standard InChI is InChI=1S/C13H10O3.C5H5.Fe.Na/c14-12(9-5-1-2-6-9)10-7-3-4-8-11(10)13(15)16;1-2-4-5-3-1;;/h1-8,14H,(H,15,16);1-5H;;/q;-1;+2;+1/p-2. The average molecular weight is 356 g/mol. The van der Waals surface area contributed by atoms with Crippen molar-refractivity contribution in [2.75, 3.05) is 0 Å². The van der Waals surface area contributed by atoms with Crippen molar-refractivity contribution in [1.29, 1.82) is 0 Å². The summed E-state index contributed by atoms with van der Waals surface area (Å²) in [4.78, 5) is 10.8. The molecule has 0 radical (unpaired) electrons. The number of hydrogen-bond acceptors (Lipinski definition) is 3. The quantitative estimate of drug-likeness (QED) is 0.380. The van der Waals surface area contributed by atoms with Gasteiger partial charge in [0.25, 0.3) is 0 Å². The summed E-state index contributed by atoms with van der Waals surface area (Å²) >= 11 is 0. The van der Waals surface area contributed by atoms with Crippen LogP contribution in [0, 0.1) is 0 Å². The van der Waals surface area contributed by atoms with Crippen LogP contribution < -0.4 is 39.8 Å². The molecule has 0 aromatic heterocycles. The van der Waals surface area contributed by atoms with Gasteiger partial charge in [-0.1, -0.05) is 54.3 Å². The normalized spacial score (nSPS) is 10.9. The zero-order valence-electron chi connectivity index (χ0n) is 12.6. The summed E-state index contributed by atoms with van der Waals surface area (Å²) in [6.07, 6.45) is 6.76. The summed E-state index contributed by atoms with van der Waals surface area (Å²) in [7, 11) is 0. The van der Waals surface area contributed by atoms with Crippen LogP contribution in [0.4, 0.5) is 0 Å². The second-order valence-corrected chi connectivity index (χ2v) is 4.30. The predicted octanol–water partition coefficient (Wildman–Crippen LogP) is -1.35. The van der Waals surface area contributed by atoms with Crippen LogP contribution in [0.2, 0.25) is 0 Å². The summed E-state index contributed by atoms with van der Waals surface area (Å²) in [6, 6.07) is 16.0. The molecule has 1 aliphatic rings. The van der Waals surface area contributed by atoms with Crippen molar-refractivity contribution in [2.24, 2.45) is 0 Å². The molecule has 2 aromatic carbocycles. The largest absolute Gasteiger partial charge is 2.00 e. The molecule has 3 rings (SSSR count). The van der Waals surface area contributed by atoms with Crippen molar-refractivity contribution >= 4 is 11.7 Å². The van der Waals surface area contributed by atoms with Crippen molar-refractivity contribution in [3.63, 3.8) is 0 Å². The van der Waals surface area contributed by atoms with Gasteiger partial charge in [-0.3, -0.25) is 0 Å². The van der Waals surface area contributed by atoms with E-state index in [-0.39, 0.29) is 63.5 Å². The van der Waals surface area contributed by atoms with Crippen LogP contribution in [0.1, 0.15) is 15.9 Å². The van der Waals surface area contributed by atoms with Crippen LogP contribution in [-0.4, -0.2) is 5.97 Å². The monoisotopic (exact) mass is 356 g/mol. The fourth-order valence-corrected chi connectivity index (χ4v) is 1.86. The molecular formula is C18H13FeNaO3. The minimum atomic E-state index is -1.34. The van der Waals surface area contributed by atoms with Crippen LogP contribution in [0.3, 0.4) is 0 Å². The Kier molecular flexibility index (Phi) is 10.5. The van der Waals surface area contributed by atoms with Crippen LogP contribution in [0.15, 0.2) is 84.5 Å². The molecule has 0 saturated heterocycles. The number of carbonyl (C=O) groups excluding carboxylic acids is 1. The first-order valence-electron chi connectivity index (χ1n) is 6.43. The Balaban J connectivity index is 0.000000595. The topological polar surface area (TPSA) is 63.2 Å². The van der Waals surface area contributed by atoms with E-state index in [4.69, 9.17) is 0 Å². The number of carbonyl (C=O) groups is 1. The first-order chi connectivity index (χ1) is 10.2. The van der Waals surface area contributed by atoms with Crippen molar-refractivity contribution in [1.82, 2.24) is 0 Å². The van der Waals surface area contributed by atoms with Crippen molar-refractivity contribution < 1.29 is 61.6 Å². The zero-order valence-corrected chi connectivity index (χ0v) is 15.7. The molecule has 0 unspecified atom stereocenters. The third-order valence-electron chi connectivity index (χ3n) is 2.87. The van der Waals surface area contributed by atoms with Gasteiger partial charge < -0.3 is 15.0 Å². The summed E-state index contributed by atoms with van der Waals surface area (Å²) < 4.78 is 0. The number of hydrogen-bond donors (Lipinski definition) is 0. The van der Waals surface area contributed by atoms with E-state index in [1.165, 1.54) is 12.1 Å². The van der Waals surface area contributed by atoms with Gasteiger partial charge in [0.05, 0.1) is 5.97 Å². The van der Waals surface area contributed by atoms with Crippen molar-refractivity contribution in [2.45, 2.75) is 0 Å². The second kappa shape index (κ2) is 11.2. The predicted molar refractivity (Wildman–Crippen MR) is 78.0 cm³/mol. The Hall–Kier alpha value is -1.42. The van der Waals surface area contributed by atoms with E-state index in [2.05, 4.69) is 0 Å². The van der Waals surface area contributed by atoms with Gasteiger partial charge in [-0.25, -0.2) is 12.1 Å². The Morgan fingerprint density at radius 3 is 1.83 bits per heavy atom. The smallest absolute Gasteiger partial charge is 0.872 e. The maximum absolute atomic E-state index is 11.9. The Morgan fingerprint density at radius 2 is 1.39 bits per heavy atom. The van der Waals surface area contributed by atoms with Crippen molar-refractivity contribution in [3.8, 4) is 0 Å². The summed E-state index contributed by atoms with van der Waals surface area (Å²) in [6.45, 7) is 0. The maximum atomic E-state index is 11.9. The number of carboxylic acid groups (broad SMARTS) is 1. The van der Waals surface area contributed by atoms with E-state index in [1.54, 1.807) is 36.4 Å². The second-order valence-electron chi connectivity index (χ2n) is 4.30. The molecular weight excluding hydrogens is 343 g/mol. The molecule has 0 aliphatic heterocycles. The van der Waals surface area contributed by atoms with E-state index < -0.39 is 5.97 Å². The molecule has 1 aliphatic carbocycles. The molecule has 0 fully saturated rings. The molecule has 0 N–H and O–H groups in total. The van der Waals surface area contributed by atoms with E-state index in [0.717, 1.165) is 0 Å². The third-order valence-corrected chi connectivity index (χ3v) is 2.87. The molecule has 0 saturated carbocycles. The maximum Gasteiger partial charge on any atom is 2.00 e. The molecule has 5 heteroatoms. The fraction of sp³-hybridized carbons (Fsp3) is 0. The molecule has 112 valence electrons. The van der Waals surface area contributed by atoms with Gasteiger partial charge in [0.15, 0.2) is 0 Å². The van der Waals surface area contributed by atoms with Gasteiger partial charge in [0.1, 0.15) is 0 Å². The molecule has 0 amide bonds. The Labute approximate surface area is 168 Å². The fourth-order valence-electron chi connectivity index (χ4n) is 1.86. The summed E-state index contributed by atoms with van der Waals surface area (Å²) in [5.41, 5.74) is 0.566. The van der Waals surface area contributed by atoms with Crippen LogP contribution in [0.25, 0.3) is 5.76 Å². The van der Waals surface area contributed by atoms with E-state index in [0.29, 0.717) is 5.57 Å². The first-order valence-corrected chi connectivity index (χ1v) is 6.43. The number of carboxylic acids is 1. The minimum Gasteiger partial charge on any atom is -0.872 e. The van der Waals surface area contributed by atoms with Gasteiger partial charge >= 0.3 is 46.6 Å².